The first-order valence-electron chi connectivity index (χ1n) is 8.52. The molecule has 1 aromatic carbocycles. The highest BCUT2D eigenvalue weighted by Crippen LogP contribution is 2.16. The number of carbonyl (C=O) groups excluding carboxylic acids is 3. The van der Waals surface area contributed by atoms with Crippen LogP contribution in [0.4, 0.5) is 5.69 Å². The lowest BCUT2D eigenvalue weighted by Crippen LogP contribution is -2.50. The predicted octanol–water partition coefficient (Wildman–Crippen LogP) is 2.29. The van der Waals surface area contributed by atoms with Crippen LogP contribution in [0, 0.1) is 0 Å². The van der Waals surface area contributed by atoms with Crippen LogP contribution < -0.4 is 5.32 Å². The summed E-state index contributed by atoms with van der Waals surface area (Å²) in [6, 6.07) is 9.83. The fourth-order valence-electron chi connectivity index (χ4n) is 2.86. The number of hydrogen-bond acceptors (Lipinski definition) is 4. The quantitative estimate of drug-likeness (QED) is 0.877. The van der Waals surface area contributed by atoms with Crippen LogP contribution in [0.5, 0.6) is 0 Å². The van der Waals surface area contributed by atoms with Crippen molar-refractivity contribution in [1.82, 2.24) is 14.8 Å². The van der Waals surface area contributed by atoms with Crippen molar-refractivity contribution in [3.63, 3.8) is 0 Å². The van der Waals surface area contributed by atoms with Gasteiger partial charge < -0.3 is 15.1 Å². The van der Waals surface area contributed by atoms with Crippen LogP contribution >= 0.6 is 11.6 Å². The summed E-state index contributed by atoms with van der Waals surface area (Å²) < 4.78 is 0. The second-order valence-corrected chi connectivity index (χ2v) is 6.63. The van der Waals surface area contributed by atoms with Gasteiger partial charge in [-0.15, -0.1) is 0 Å². The van der Waals surface area contributed by atoms with Gasteiger partial charge in [-0.3, -0.25) is 19.4 Å². The van der Waals surface area contributed by atoms with Gasteiger partial charge in [0.25, 0.3) is 11.8 Å². The zero-order valence-electron chi connectivity index (χ0n) is 14.8. The average molecular weight is 387 g/mol. The molecule has 0 aliphatic carbocycles. The Morgan fingerprint density at radius 2 is 1.74 bits per heavy atom. The highest BCUT2D eigenvalue weighted by Gasteiger charge is 2.24. The number of halogens is 1. The summed E-state index contributed by atoms with van der Waals surface area (Å²) in [5.74, 6) is -0.600. The van der Waals surface area contributed by atoms with Crippen LogP contribution in [0.15, 0.2) is 42.6 Å². The number of anilines is 1. The molecule has 0 unspecified atom stereocenters. The standard InChI is InChI=1S/C19H19ClN4O3/c1-13(25)23-7-9-24(10-8-23)19(27)14-5-6-21-17(11-14)18(26)22-16-4-2-3-15(20)12-16/h2-6,11-12H,7-10H2,1H3,(H,22,26). The molecule has 27 heavy (non-hydrogen) atoms. The molecule has 140 valence electrons. The maximum absolute atomic E-state index is 12.7. The minimum absolute atomic E-state index is 0.00554. The third kappa shape index (κ3) is 4.62. The van der Waals surface area contributed by atoms with E-state index in [1.807, 2.05) is 0 Å². The largest absolute Gasteiger partial charge is 0.339 e. The van der Waals surface area contributed by atoms with Gasteiger partial charge in [0.15, 0.2) is 0 Å². The predicted molar refractivity (Wildman–Crippen MR) is 102 cm³/mol. The number of rotatable bonds is 3. The second kappa shape index (κ2) is 8.18. The Bertz CT molecular complexity index is 879. The molecule has 0 atom stereocenters. The van der Waals surface area contributed by atoms with E-state index in [2.05, 4.69) is 10.3 Å². The van der Waals surface area contributed by atoms with Gasteiger partial charge in [-0.05, 0) is 30.3 Å². The van der Waals surface area contributed by atoms with Gasteiger partial charge in [0.2, 0.25) is 5.91 Å². The molecular weight excluding hydrogens is 368 g/mol. The van der Waals surface area contributed by atoms with Crippen molar-refractivity contribution in [3.8, 4) is 0 Å². The number of benzene rings is 1. The van der Waals surface area contributed by atoms with Crippen molar-refractivity contribution in [1.29, 1.82) is 0 Å². The maximum atomic E-state index is 12.7. The fraction of sp³-hybridized carbons (Fsp3) is 0.263. The second-order valence-electron chi connectivity index (χ2n) is 6.19. The summed E-state index contributed by atoms with van der Waals surface area (Å²) in [5, 5.41) is 3.22. The zero-order valence-corrected chi connectivity index (χ0v) is 15.6. The summed E-state index contributed by atoms with van der Waals surface area (Å²) in [4.78, 5) is 43.9. The summed E-state index contributed by atoms with van der Waals surface area (Å²) >= 11 is 5.92. The molecular formula is C19H19ClN4O3. The Kier molecular flexibility index (Phi) is 5.71. The lowest BCUT2D eigenvalue weighted by Gasteiger charge is -2.34. The van der Waals surface area contributed by atoms with Crippen LogP contribution in [-0.2, 0) is 4.79 Å². The number of piperazine rings is 1. The first kappa shape index (κ1) is 18.8. The van der Waals surface area contributed by atoms with Gasteiger partial charge in [-0.2, -0.15) is 0 Å². The van der Waals surface area contributed by atoms with E-state index in [0.717, 1.165) is 0 Å². The topological polar surface area (TPSA) is 82.6 Å². The number of aromatic nitrogens is 1. The van der Waals surface area contributed by atoms with Crippen LogP contribution in [0.1, 0.15) is 27.8 Å². The normalized spacial score (nSPS) is 14.0. The van der Waals surface area contributed by atoms with Crippen LogP contribution in [0.25, 0.3) is 0 Å². The van der Waals surface area contributed by atoms with Gasteiger partial charge in [0, 0.05) is 55.6 Å². The Morgan fingerprint density at radius 3 is 2.41 bits per heavy atom. The minimum atomic E-state index is -0.423. The Hall–Kier alpha value is -2.93. The van der Waals surface area contributed by atoms with E-state index in [1.54, 1.807) is 40.1 Å². The third-order valence-corrected chi connectivity index (χ3v) is 4.57. The summed E-state index contributed by atoms with van der Waals surface area (Å²) in [6.07, 6.45) is 1.44. The SMILES string of the molecule is CC(=O)N1CCN(C(=O)c2ccnc(C(=O)Nc3cccc(Cl)c3)c2)CC1. The van der Waals surface area contributed by atoms with E-state index >= 15 is 0 Å². The molecule has 1 aliphatic heterocycles. The molecule has 2 aromatic rings. The molecule has 2 heterocycles. The lowest BCUT2D eigenvalue weighted by atomic mass is 10.1. The monoisotopic (exact) mass is 386 g/mol. The molecule has 0 bridgehead atoms. The van der Waals surface area contributed by atoms with Crippen molar-refractivity contribution in [2.24, 2.45) is 0 Å². The molecule has 1 aromatic heterocycles. The molecule has 0 saturated carbocycles. The fourth-order valence-corrected chi connectivity index (χ4v) is 3.05. The van der Waals surface area contributed by atoms with Crippen molar-refractivity contribution >= 4 is 35.0 Å². The molecule has 0 radical (unpaired) electrons. The van der Waals surface area contributed by atoms with Gasteiger partial charge >= 0.3 is 0 Å². The lowest BCUT2D eigenvalue weighted by molar-refractivity contribution is -0.130. The van der Waals surface area contributed by atoms with E-state index < -0.39 is 5.91 Å². The van der Waals surface area contributed by atoms with Crippen molar-refractivity contribution in [2.75, 3.05) is 31.5 Å². The van der Waals surface area contributed by atoms with E-state index in [-0.39, 0.29) is 17.5 Å². The van der Waals surface area contributed by atoms with Crippen LogP contribution in [0.2, 0.25) is 5.02 Å². The maximum Gasteiger partial charge on any atom is 0.274 e. The number of nitrogens with zero attached hydrogens (tertiary/aromatic N) is 3. The van der Waals surface area contributed by atoms with Gasteiger partial charge in [0.05, 0.1) is 0 Å². The minimum Gasteiger partial charge on any atom is -0.339 e. The van der Waals surface area contributed by atoms with E-state index in [0.29, 0.717) is 42.5 Å². The summed E-state index contributed by atoms with van der Waals surface area (Å²) in [6.45, 7) is 3.46. The molecule has 7 nitrogen and oxygen atoms in total. The molecule has 8 heteroatoms. The highest BCUT2D eigenvalue weighted by molar-refractivity contribution is 6.30. The first-order chi connectivity index (χ1) is 12.9. The third-order valence-electron chi connectivity index (χ3n) is 4.33. The van der Waals surface area contributed by atoms with E-state index in [4.69, 9.17) is 11.6 Å². The van der Waals surface area contributed by atoms with Gasteiger partial charge in [-0.1, -0.05) is 17.7 Å². The highest BCUT2D eigenvalue weighted by atomic mass is 35.5. The average Bonchev–Trinajstić information content (AvgIpc) is 2.67. The Labute approximate surface area is 161 Å². The first-order valence-corrected chi connectivity index (χ1v) is 8.89. The van der Waals surface area contributed by atoms with Crippen molar-refractivity contribution < 1.29 is 14.4 Å². The molecule has 3 amide bonds. The number of amides is 3. The molecule has 1 N–H and O–H groups in total. The Balaban J connectivity index is 1.69. The molecule has 3 rings (SSSR count). The number of nitrogens with one attached hydrogen (secondary N) is 1. The van der Waals surface area contributed by atoms with E-state index in [1.165, 1.54) is 19.2 Å². The molecule has 1 saturated heterocycles. The summed E-state index contributed by atoms with van der Waals surface area (Å²) in [7, 11) is 0. The molecule has 0 spiro atoms. The van der Waals surface area contributed by atoms with Gasteiger partial charge in [-0.25, -0.2) is 0 Å². The molecule has 1 aliphatic rings. The van der Waals surface area contributed by atoms with Crippen LogP contribution in [-0.4, -0.2) is 58.7 Å². The number of pyridine rings is 1. The van der Waals surface area contributed by atoms with Crippen molar-refractivity contribution in [2.45, 2.75) is 6.92 Å². The zero-order chi connectivity index (χ0) is 19.4. The number of carbonyl (C=O) groups is 3. The smallest absolute Gasteiger partial charge is 0.274 e. The number of hydrogen-bond donors (Lipinski definition) is 1. The Morgan fingerprint density at radius 1 is 1.04 bits per heavy atom. The van der Waals surface area contributed by atoms with Crippen LogP contribution in [0.3, 0.4) is 0 Å². The van der Waals surface area contributed by atoms with E-state index in [9.17, 15) is 14.4 Å². The molecule has 1 fully saturated rings. The van der Waals surface area contributed by atoms with Gasteiger partial charge in [0.1, 0.15) is 5.69 Å². The van der Waals surface area contributed by atoms with Crippen molar-refractivity contribution in [3.05, 3.63) is 58.9 Å². The summed E-state index contributed by atoms with van der Waals surface area (Å²) in [5.41, 5.74) is 1.08.